The van der Waals surface area contributed by atoms with Gasteiger partial charge >= 0.3 is 0 Å². The van der Waals surface area contributed by atoms with Crippen molar-refractivity contribution in [3.63, 3.8) is 0 Å². The molecule has 2 N–H and O–H groups in total. The zero-order valence-electron chi connectivity index (χ0n) is 11.1. The number of benzene rings is 1. The first kappa shape index (κ1) is 13.2. The number of para-hydroxylation sites is 1. The van der Waals surface area contributed by atoms with Crippen LogP contribution in [0.2, 0.25) is 5.02 Å². The molecule has 1 heterocycles. The van der Waals surface area contributed by atoms with E-state index in [9.17, 15) is 0 Å². The van der Waals surface area contributed by atoms with E-state index in [0.29, 0.717) is 23.6 Å². The topological polar surface area (TPSA) is 38.5 Å². The molecule has 0 spiro atoms. The summed E-state index contributed by atoms with van der Waals surface area (Å²) in [6.07, 6.45) is 2.51. The molecular weight excluding hydrogens is 260 g/mol. The molecule has 4 heteroatoms. The maximum Gasteiger partial charge on any atom is 0.137 e. The Bertz CT molecular complexity index is 440. The third-order valence-electron chi connectivity index (χ3n) is 4.49. The van der Waals surface area contributed by atoms with E-state index in [4.69, 9.17) is 22.1 Å². The lowest BCUT2D eigenvalue weighted by molar-refractivity contribution is 0.226. The first-order chi connectivity index (χ1) is 9.24. The van der Waals surface area contributed by atoms with Gasteiger partial charge in [-0.1, -0.05) is 23.7 Å². The molecule has 1 aromatic carbocycles. The second-order valence-electron chi connectivity index (χ2n) is 5.70. The molecule has 0 aromatic heterocycles. The molecule has 104 valence electrons. The van der Waals surface area contributed by atoms with Gasteiger partial charge in [0.15, 0.2) is 0 Å². The molecule has 2 fully saturated rings. The highest BCUT2D eigenvalue weighted by atomic mass is 35.5. The number of fused-ring (bicyclic) bond motifs is 1. The molecule has 0 radical (unpaired) electrons. The number of hydrogen-bond acceptors (Lipinski definition) is 3. The van der Waals surface area contributed by atoms with Crippen molar-refractivity contribution in [1.82, 2.24) is 4.90 Å². The summed E-state index contributed by atoms with van der Waals surface area (Å²) in [4.78, 5) is 2.48. The molecule has 2 aliphatic rings. The van der Waals surface area contributed by atoms with Crippen LogP contribution in [0.4, 0.5) is 0 Å². The van der Waals surface area contributed by atoms with Gasteiger partial charge in [0, 0.05) is 25.7 Å². The average Bonchev–Trinajstić information content (AvgIpc) is 2.95. The molecule has 1 saturated carbocycles. The number of likely N-dealkylation sites (tertiary alicyclic amines) is 1. The largest absolute Gasteiger partial charge is 0.491 e. The fourth-order valence-corrected chi connectivity index (χ4v) is 3.62. The molecule has 19 heavy (non-hydrogen) atoms. The predicted octanol–water partition coefficient (Wildman–Crippen LogP) is 2.39. The maximum atomic E-state index is 6.15. The summed E-state index contributed by atoms with van der Waals surface area (Å²) in [5, 5.41) is 0.683. The molecule has 1 aliphatic heterocycles. The predicted molar refractivity (Wildman–Crippen MR) is 77.6 cm³/mol. The van der Waals surface area contributed by atoms with Crippen molar-refractivity contribution in [1.29, 1.82) is 0 Å². The van der Waals surface area contributed by atoms with Gasteiger partial charge in [-0.05, 0) is 36.8 Å². The number of nitrogens with zero attached hydrogens (tertiary/aromatic N) is 1. The highest BCUT2D eigenvalue weighted by Crippen LogP contribution is 2.36. The van der Waals surface area contributed by atoms with Crippen molar-refractivity contribution in [3.05, 3.63) is 29.3 Å². The molecule has 1 aliphatic carbocycles. The van der Waals surface area contributed by atoms with Crippen molar-refractivity contribution in [2.75, 3.05) is 26.2 Å². The van der Waals surface area contributed by atoms with Gasteiger partial charge < -0.3 is 10.5 Å². The fraction of sp³-hybridized carbons (Fsp3) is 0.600. The Morgan fingerprint density at radius 2 is 2.11 bits per heavy atom. The van der Waals surface area contributed by atoms with Crippen LogP contribution in [-0.4, -0.2) is 37.2 Å². The molecule has 0 amide bonds. The number of halogens is 1. The van der Waals surface area contributed by atoms with Crippen LogP contribution < -0.4 is 10.5 Å². The summed E-state index contributed by atoms with van der Waals surface area (Å²) < 4.78 is 5.74. The molecule has 3 rings (SSSR count). The third kappa shape index (κ3) is 2.88. The van der Waals surface area contributed by atoms with Gasteiger partial charge in [-0.25, -0.2) is 0 Å². The van der Waals surface area contributed by atoms with E-state index in [2.05, 4.69) is 4.90 Å². The highest BCUT2D eigenvalue weighted by molar-refractivity contribution is 6.32. The summed E-state index contributed by atoms with van der Waals surface area (Å²) >= 11 is 6.06. The Hall–Kier alpha value is -0.770. The van der Waals surface area contributed by atoms with Crippen LogP contribution in [0.3, 0.4) is 0 Å². The summed E-state index contributed by atoms with van der Waals surface area (Å²) in [5.74, 6) is 2.30. The van der Waals surface area contributed by atoms with Crippen molar-refractivity contribution in [2.45, 2.75) is 18.9 Å². The number of rotatable bonds is 4. The second-order valence-corrected chi connectivity index (χ2v) is 6.11. The van der Waals surface area contributed by atoms with Gasteiger partial charge in [0.05, 0.1) is 5.02 Å². The summed E-state index contributed by atoms with van der Waals surface area (Å²) in [6, 6.07) is 8.05. The van der Waals surface area contributed by atoms with Crippen molar-refractivity contribution < 1.29 is 4.74 Å². The first-order valence-electron chi connectivity index (χ1n) is 7.09. The molecule has 3 unspecified atom stereocenters. The minimum Gasteiger partial charge on any atom is -0.491 e. The van der Waals surface area contributed by atoms with E-state index in [0.717, 1.165) is 24.8 Å². The van der Waals surface area contributed by atoms with Gasteiger partial charge in [0.25, 0.3) is 0 Å². The molecule has 0 bridgehead atoms. The van der Waals surface area contributed by atoms with E-state index in [1.54, 1.807) is 0 Å². The summed E-state index contributed by atoms with van der Waals surface area (Å²) in [7, 11) is 0. The van der Waals surface area contributed by atoms with Crippen LogP contribution in [0.15, 0.2) is 24.3 Å². The summed E-state index contributed by atoms with van der Waals surface area (Å²) in [6.45, 7) is 3.98. The lowest BCUT2D eigenvalue weighted by Crippen LogP contribution is -2.32. The van der Waals surface area contributed by atoms with Crippen LogP contribution >= 0.6 is 11.6 Å². The lowest BCUT2D eigenvalue weighted by atomic mass is 9.98. The zero-order chi connectivity index (χ0) is 13.2. The fourth-order valence-electron chi connectivity index (χ4n) is 3.43. The second kappa shape index (κ2) is 5.70. The number of hydrogen-bond donors (Lipinski definition) is 1. The van der Waals surface area contributed by atoms with Crippen LogP contribution in [0.5, 0.6) is 5.75 Å². The van der Waals surface area contributed by atoms with Gasteiger partial charge in [-0.15, -0.1) is 0 Å². The minimum atomic E-state index is 0.416. The smallest absolute Gasteiger partial charge is 0.137 e. The van der Waals surface area contributed by atoms with Crippen molar-refractivity contribution >= 4 is 11.6 Å². The quantitative estimate of drug-likeness (QED) is 0.920. The maximum absolute atomic E-state index is 6.15. The average molecular weight is 281 g/mol. The van der Waals surface area contributed by atoms with Gasteiger partial charge in [0.2, 0.25) is 0 Å². The van der Waals surface area contributed by atoms with Crippen LogP contribution in [0.25, 0.3) is 0 Å². The Morgan fingerprint density at radius 1 is 1.26 bits per heavy atom. The van der Waals surface area contributed by atoms with E-state index < -0.39 is 0 Å². The minimum absolute atomic E-state index is 0.416. The number of nitrogens with two attached hydrogens (primary N) is 1. The van der Waals surface area contributed by atoms with Crippen molar-refractivity contribution in [2.24, 2.45) is 17.6 Å². The summed E-state index contributed by atoms with van der Waals surface area (Å²) in [5.41, 5.74) is 6.15. The van der Waals surface area contributed by atoms with E-state index in [1.165, 1.54) is 19.4 Å². The molecule has 1 saturated heterocycles. The normalized spacial score (nSPS) is 30.5. The molecule has 3 atom stereocenters. The highest BCUT2D eigenvalue weighted by Gasteiger charge is 2.40. The molecular formula is C15H21ClN2O. The van der Waals surface area contributed by atoms with E-state index in [-0.39, 0.29) is 0 Å². The van der Waals surface area contributed by atoms with E-state index in [1.807, 2.05) is 24.3 Å². The Kier molecular flexibility index (Phi) is 3.96. The first-order valence-corrected chi connectivity index (χ1v) is 7.47. The number of ether oxygens (including phenoxy) is 1. The third-order valence-corrected chi connectivity index (χ3v) is 4.80. The van der Waals surface area contributed by atoms with Gasteiger partial charge in [-0.2, -0.15) is 0 Å². The monoisotopic (exact) mass is 280 g/mol. The van der Waals surface area contributed by atoms with Crippen molar-refractivity contribution in [3.8, 4) is 5.75 Å². The lowest BCUT2D eigenvalue weighted by Gasteiger charge is -2.18. The van der Waals surface area contributed by atoms with Gasteiger partial charge in [-0.3, -0.25) is 4.90 Å². The van der Waals surface area contributed by atoms with Crippen LogP contribution in [0.1, 0.15) is 12.8 Å². The molecule has 3 nitrogen and oxygen atoms in total. The molecule has 1 aromatic rings. The van der Waals surface area contributed by atoms with E-state index >= 15 is 0 Å². The Balaban J connectivity index is 1.46. The van der Waals surface area contributed by atoms with Crippen LogP contribution in [0, 0.1) is 11.8 Å². The Morgan fingerprint density at radius 3 is 2.89 bits per heavy atom. The SMILES string of the molecule is NC1CCC2CN(CCOc3ccccc3Cl)CC12. The van der Waals surface area contributed by atoms with Crippen LogP contribution in [-0.2, 0) is 0 Å². The van der Waals surface area contributed by atoms with Gasteiger partial charge in [0.1, 0.15) is 12.4 Å². The standard InChI is InChI=1S/C15H21ClN2O/c16-13-3-1-2-4-15(13)19-8-7-18-9-11-5-6-14(17)12(11)10-18/h1-4,11-12,14H,5-10,17H2. The Labute approximate surface area is 119 Å². The zero-order valence-corrected chi connectivity index (χ0v) is 11.9.